The van der Waals surface area contributed by atoms with Crippen LogP contribution >= 0.6 is 15.9 Å². The van der Waals surface area contributed by atoms with Crippen LogP contribution in [0.5, 0.6) is 0 Å². The first-order valence-electron chi connectivity index (χ1n) is 6.87. The zero-order valence-corrected chi connectivity index (χ0v) is 12.5. The highest BCUT2D eigenvalue weighted by atomic mass is 79.9. The fourth-order valence-corrected chi connectivity index (χ4v) is 3.18. The number of hydrogen-bond donors (Lipinski definition) is 2. The van der Waals surface area contributed by atoms with Gasteiger partial charge in [0.05, 0.1) is 5.54 Å². The topological polar surface area (TPSA) is 55.1 Å². The van der Waals surface area contributed by atoms with Crippen LogP contribution < -0.4 is 11.1 Å². The molecule has 2 aliphatic carbocycles. The minimum absolute atomic E-state index is 0.0220. The molecule has 0 unspecified atom stereocenters. The van der Waals surface area contributed by atoms with Crippen molar-refractivity contribution in [1.29, 1.82) is 0 Å². The number of amides is 1. The average molecular weight is 323 g/mol. The highest BCUT2D eigenvalue weighted by molar-refractivity contribution is 9.10. The molecule has 0 aromatic heterocycles. The van der Waals surface area contributed by atoms with Gasteiger partial charge in [-0.1, -0.05) is 34.5 Å². The van der Waals surface area contributed by atoms with Crippen molar-refractivity contribution in [3.8, 4) is 0 Å². The van der Waals surface area contributed by atoms with E-state index in [0.717, 1.165) is 30.2 Å². The van der Waals surface area contributed by atoms with Gasteiger partial charge >= 0.3 is 0 Å². The molecule has 2 saturated carbocycles. The molecule has 19 heavy (non-hydrogen) atoms. The average Bonchev–Trinajstić information content (AvgIpc) is 3.07. The second kappa shape index (κ2) is 4.60. The van der Waals surface area contributed by atoms with Gasteiger partial charge in [-0.05, 0) is 43.4 Å². The van der Waals surface area contributed by atoms with Gasteiger partial charge in [-0.2, -0.15) is 0 Å². The van der Waals surface area contributed by atoms with Crippen LogP contribution in [0.2, 0.25) is 0 Å². The monoisotopic (exact) mass is 322 g/mol. The van der Waals surface area contributed by atoms with E-state index in [4.69, 9.17) is 5.73 Å². The molecular formula is C15H19BrN2O. The smallest absolute Gasteiger partial charge is 0.240 e. The standard InChI is InChI=1S/C15H19BrN2O/c16-12-4-1-3-11(9-12)14(5-2-6-14)10-18-13(19)15(17)7-8-15/h1,3-4,9H,2,5-8,10,17H2,(H,18,19). The van der Waals surface area contributed by atoms with Gasteiger partial charge in [-0.15, -0.1) is 0 Å². The van der Waals surface area contributed by atoms with Crippen LogP contribution in [0, 0.1) is 0 Å². The maximum Gasteiger partial charge on any atom is 0.240 e. The molecule has 4 heteroatoms. The molecule has 3 nitrogen and oxygen atoms in total. The molecule has 0 saturated heterocycles. The molecule has 2 fully saturated rings. The molecule has 1 amide bonds. The summed E-state index contributed by atoms with van der Waals surface area (Å²) in [7, 11) is 0. The Morgan fingerprint density at radius 3 is 2.58 bits per heavy atom. The Kier molecular flexibility index (Phi) is 3.18. The number of hydrogen-bond acceptors (Lipinski definition) is 2. The van der Waals surface area contributed by atoms with Crippen molar-refractivity contribution in [3.63, 3.8) is 0 Å². The highest BCUT2D eigenvalue weighted by Gasteiger charge is 2.47. The second-order valence-corrected chi connectivity index (χ2v) is 6.90. The molecule has 102 valence electrons. The summed E-state index contributed by atoms with van der Waals surface area (Å²) in [6.45, 7) is 0.710. The van der Waals surface area contributed by atoms with Crippen LogP contribution in [0.15, 0.2) is 28.7 Å². The lowest BCUT2D eigenvalue weighted by molar-refractivity contribution is -0.123. The van der Waals surface area contributed by atoms with Crippen molar-refractivity contribution in [1.82, 2.24) is 5.32 Å². The van der Waals surface area contributed by atoms with Crippen LogP contribution in [0.4, 0.5) is 0 Å². The summed E-state index contributed by atoms with van der Waals surface area (Å²) in [5.41, 5.74) is 6.79. The molecule has 1 aromatic rings. The highest BCUT2D eigenvalue weighted by Crippen LogP contribution is 2.44. The lowest BCUT2D eigenvalue weighted by Gasteiger charge is -2.43. The normalized spacial score (nSPS) is 22.4. The van der Waals surface area contributed by atoms with Gasteiger partial charge in [0.2, 0.25) is 5.91 Å². The minimum Gasteiger partial charge on any atom is -0.354 e. The van der Waals surface area contributed by atoms with Crippen LogP contribution in [-0.4, -0.2) is 18.0 Å². The summed E-state index contributed by atoms with van der Waals surface area (Å²) in [6.07, 6.45) is 5.16. The lowest BCUT2D eigenvalue weighted by atomic mass is 9.64. The van der Waals surface area contributed by atoms with Crippen molar-refractivity contribution in [3.05, 3.63) is 34.3 Å². The Bertz CT molecular complexity index is 507. The SMILES string of the molecule is NC1(C(=O)NCC2(c3cccc(Br)c3)CCC2)CC1. The summed E-state index contributed by atoms with van der Waals surface area (Å²) in [6, 6.07) is 8.42. The maximum atomic E-state index is 12.0. The second-order valence-electron chi connectivity index (χ2n) is 5.98. The Labute approximate surface area is 122 Å². The summed E-state index contributed by atoms with van der Waals surface area (Å²) < 4.78 is 1.10. The molecule has 0 atom stereocenters. The molecule has 1 aromatic carbocycles. The van der Waals surface area contributed by atoms with Gasteiger partial charge in [0.25, 0.3) is 0 Å². The number of nitrogens with two attached hydrogens (primary N) is 1. The fraction of sp³-hybridized carbons (Fsp3) is 0.533. The van der Waals surface area contributed by atoms with E-state index in [1.54, 1.807) is 0 Å². The molecule has 2 aliphatic rings. The first kappa shape index (κ1) is 13.1. The van der Waals surface area contributed by atoms with E-state index in [0.29, 0.717) is 6.54 Å². The number of benzene rings is 1. The first-order chi connectivity index (χ1) is 9.04. The summed E-state index contributed by atoms with van der Waals surface area (Å²) in [5.74, 6) is 0.0220. The molecule has 0 aliphatic heterocycles. The molecule has 3 rings (SSSR count). The Morgan fingerprint density at radius 2 is 2.05 bits per heavy atom. The third-order valence-corrected chi connectivity index (χ3v) is 5.07. The predicted octanol–water partition coefficient (Wildman–Crippen LogP) is 2.48. The Balaban J connectivity index is 1.71. The van der Waals surface area contributed by atoms with Gasteiger partial charge in [-0.25, -0.2) is 0 Å². The van der Waals surface area contributed by atoms with Crippen molar-refractivity contribution >= 4 is 21.8 Å². The van der Waals surface area contributed by atoms with Gasteiger partial charge in [0.1, 0.15) is 0 Å². The van der Waals surface area contributed by atoms with Gasteiger partial charge < -0.3 is 11.1 Å². The summed E-state index contributed by atoms with van der Waals surface area (Å²) >= 11 is 3.52. The van der Waals surface area contributed by atoms with E-state index >= 15 is 0 Å². The number of nitrogens with one attached hydrogen (secondary N) is 1. The summed E-state index contributed by atoms with van der Waals surface area (Å²) in [4.78, 5) is 12.0. The van der Waals surface area contributed by atoms with Gasteiger partial charge in [0, 0.05) is 16.4 Å². The predicted molar refractivity (Wildman–Crippen MR) is 78.8 cm³/mol. The molecule has 3 N–H and O–H groups in total. The van der Waals surface area contributed by atoms with E-state index in [9.17, 15) is 4.79 Å². The zero-order chi connectivity index (χ0) is 13.5. The summed E-state index contributed by atoms with van der Waals surface area (Å²) in [5, 5.41) is 3.07. The third-order valence-electron chi connectivity index (χ3n) is 4.58. The maximum absolute atomic E-state index is 12.0. The van der Waals surface area contributed by atoms with Crippen LogP contribution in [0.25, 0.3) is 0 Å². The Morgan fingerprint density at radius 1 is 1.32 bits per heavy atom. The number of rotatable bonds is 4. The molecule has 0 heterocycles. The molecule has 0 bridgehead atoms. The molecular weight excluding hydrogens is 304 g/mol. The molecule has 0 spiro atoms. The van der Waals surface area contributed by atoms with E-state index in [2.05, 4.69) is 39.4 Å². The first-order valence-corrected chi connectivity index (χ1v) is 7.67. The van der Waals surface area contributed by atoms with E-state index < -0.39 is 5.54 Å². The van der Waals surface area contributed by atoms with E-state index in [1.165, 1.54) is 12.0 Å². The van der Waals surface area contributed by atoms with Crippen molar-refractivity contribution < 1.29 is 4.79 Å². The molecule has 0 radical (unpaired) electrons. The van der Waals surface area contributed by atoms with Crippen LogP contribution in [0.1, 0.15) is 37.7 Å². The number of carbonyl (C=O) groups excluding carboxylic acids is 1. The lowest BCUT2D eigenvalue weighted by Crippen LogP contribution is -2.50. The van der Waals surface area contributed by atoms with Gasteiger partial charge in [-0.3, -0.25) is 4.79 Å². The van der Waals surface area contributed by atoms with E-state index in [1.807, 2.05) is 6.07 Å². The van der Waals surface area contributed by atoms with Gasteiger partial charge in [0.15, 0.2) is 0 Å². The zero-order valence-electron chi connectivity index (χ0n) is 10.9. The largest absolute Gasteiger partial charge is 0.354 e. The van der Waals surface area contributed by atoms with Crippen LogP contribution in [-0.2, 0) is 10.2 Å². The quantitative estimate of drug-likeness (QED) is 0.894. The van der Waals surface area contributed by atoms with Crippen LogP contribution in [0.3, 0.4) is 0 Å². The van der Waals surface area contributed by atoms with Crippen molar-refractivity contribution in [2.45, 2.75) is 43.1 Å². The number of halogens is 1. The van der Waals surface area contributed by atoms with Crippen molar-refractivity contribution in [2.24, 2.45) is 5.73 Å². The van der Waals surface area contributed by atoms with E-state index in [-0.39, 0.29) is 11.3 Å². The third kappa shape index (κ3) is 2.43. The minimum atomic E-state index is -0.567. The van der Waals surface area contributed by atoms with Crippen molar-refractivity contribution in [2.75, 3.05) is 6.54 Å². The Hall–Kier alpha value is -0.870. The number of carbonyl (C=O) groups is 1. The fourth-order valence-electron chi connectivity index (χ4n) is 2.78.